The maximum absolute atomic E-state index is 12.2. The van der Waals surface area contributed by atoms with Crippen LogP contribution in [-0.4, -0.2) is 47.7 Å². The Kier molecular flexibility index (Phi) is 4.12. The molecule has 0 amide bonds. The fourth-order valence-corrected chi connectivity index (χ4v) is 3.74. The molecule has 2 aliphatic rings. The first-order valence-electron chi connectivity index (χ1n) is 9.72. The van der Waals surface area contributed by atoms with Gasteiger partial charge in [-0.1, -0.05) is 5.16 Å². The van der Waals surface area contributed by atoms with E-state index in [9.17, 15) is 4.79 Å². The topological polar surface area (TPSA) is 94.9 Å². The van der Waals surface area contributed by atoms with Crippen molar-refractivity contribution in [3.63, 3.8) is 0 Å². The van der Waals surface area contributed by atoms with Gasteiger partial charge in [-0.3, -0.25) is 9.69 Å². The average molecular weight is 381 g/mol. The summed E-state index contributed by atoms with van der Waals surface area (Å²) in [5, 5.41) is 13.0. The zero-order valence-electron chi connectivity index (χ0n) is 16.1. The average Bonchev–Trinajstić information content (AvgIpc) is 3.28. The van der Waals surface area contributed by atoms with Gasteiger partial charge in [-0.15, -0.1) is 5.10 Å². The highest BCUT2D eigenvalue weighted by Gasteiger charge is 2.32. The predicted molar refractivity (Wildman–Crippen MR) is 100 cm³/mol. The van der Waals surface area contributed by atoms with E-state index in [1.807, 2.05) is 19.9 Å². The molecule has 0 atom stereocenters. The van der Waals surface area contributed by atoms with Gasteiger partial charge in [0.25, 0.3) is 5.56 Å². The quantitative estimate of drug-likeness (QED) is 0.637. The summed E-state index contributed by atoms with van der Waals surface area (Å²) in [7, 11) is 0. The largest absolute Gasteiger partial charge is 0.339 e. The predicted octanol–water partition coefficient (Wildman–Crippen LogP) is 1.44. The zero-order valence-corrected chi connectivity index (χ0v) is 16.1. The van der Waals surface area contributed by atoms with Gasteiger partial charge in [-0.05, 0) is 38.8 Å². The molecule has 4 heterocycles. The molecule has 2 fully saturated rings. The van der Waals surface area contributed by atoms with Crippen LogP contribution in [-0.2, 0) is 13.1 Å². The molecule has 5 rings (SSSR count). The molecule has 9 heteroatoms. The highest BCUT2D eigenvalue weighted by atomic mass is 16.5. The van der Waals surface area contributed by atoms with E-state index in [0.29, 0.717) is 30.7 Å². The van der Waals surface area contributed by atoms with Crippen LogP contribution in [0.25, 0.3) is 5.82 Å². The van der Waals surface area contributed by atoms with Crippen LogP contribution in [0.5, 0.6) is 0 Å². The van der Waals surface area contributed by atoms with E-state index in [-0.39, 0.29) is 5.56 Å². The number of nitrogens with zero attached hydrogens (tertiary/aromatic N) is 7. The van der Waals surface area contributed by atoms with Crippen LogP contribution in [0.4, 0.5) is 0 Å². The smallest absolute Gasteiger partial charge is 0.266 e. The summed E-state index contributed by atoms with van der Waals surface area (Å²) in [5.41, 5.74) is 1.84. The van der Waals surface area contributed by atoms with E-state index in [1.54, 1.807) is 21.5 Å². The third-order valence-corrected chi connectivity index (χ3v) is 5.32. The van der Waals surface area contributed by atoms with Crippen molar-refractivity contribution in [1.82, 2.24) is 34.6 Å². The summed E-state index contributed by atoms with van der Waals surface area (Å²) in [6.45, 7) is 7.01. The summed E-state index contributed by atoms with van der Waals surface area (Å²) < 4.78 is 8.63. The van der Waals surface area contributed by atoms with E-state index >= 15 is 0 Å². The van der Waals surface area contributed by atoms with Crippen molar-refractivity contribution in [2.24, 2.45) is 5.92 Å². The Morgan fingerprint density at radius 3 is 2.71 bits per heavy atom. The number of likely N-dealkylation sites (tertiary alicyclic amines) is 1. The molecule has 0 unspecified atom stereocenters. The number of hydrogen-bond acceptors (Lipinski definition) is 7. The lowest BCUT2D eigenvalue weighted by atomic mass is 10.0. The standard InChI is InChI=1S/C19H23N7O2/c1-12-7-13(2)26(21-12)17-5-6-18(27)25(22-17)10-14-8-24(9-14)11-16-20-19(28-23-16)15-3-4-15/h5-7,14-15H,3-4,8-11H2,1-2H3. The van der Waals surface area contributed by atoms with Crippen LogP contribution in [0.1, 0.15) is 41.9 Å². The van der Waals surface area contributed by atoms with Gasteiger partial charge in [0, 0.05) is 36.7 Å². The van der Waals surface area contributed by atoms with E-state index in [1.165, 1.54) is 0 Å². The number of aryl methyl sites for hydroxylation is 2. The molecule has 146 valence electrons. The Morgan fingerprint density at radius 1 is 1.18 bits per heavy atom. The molecule has 28 heavy (non-hydrogen) atoms. The van der Waals surface area contributed by atoms with E-state index < -0.39 is 0 Å². The summed E-state index contributed by atoms with van der Waals surface area (Å²) >= 11 is 0. The normalized spacial score (nSPS) is 17.8. The maximum Gasteiger partial charge on any atom is 0.266 e. The first-order chi connectivity index (χ1) is 13.5. The second-order valence-corrected chi connectivity index (χ2v) is 7.93. The Balaban J connectivity index is 1.21. The fourth-order valence-electron chi connectivity index (χ4n) is 3.74. The molecule has 0 aromatic carbocycles. The van der Waals surface area contributed by atoms with E-state index in [2.05, 4.69) is 25.2 Å². The minimum absolute atomic E-state index is 0.0871. The highest BCUT2D eigenvalue weighted by Crippen LogP contribution is 2.38. The molecule has 1 saturated heterocycles. The Morgan fingerprint density at radius 2 is 2.00 bits per heavy atom. The molecule has 3 aromatic rings. The minimum Gasteiger partial charge on any atom is -0.339 e. The van der Waals surface area contributed by atoms with E-state index in [0.717, 1.165) is 49.0 Å². The monoisotopic (exact) mass is 381 g/mol. The van der Waals surface area contributed by atoms with Crippen LogP contribution in [0.3, 0.4) is 0 Å². The van der Waals surface area contributed by atoms with Crippen LogP contribution >= 0.6 is 0 Å². The van der Waals surface area contributed by atoms with Gasteiger partial charge in [-0.25, -0.2) is 9.36 Å². The molecule has 1 saturated carbocycles. The third kappa shape index (κ3) is 3.37. The SMILES string of the molecule is Cc1cc(C)n(-c2ccc(=O)n(CC3CN(Cc4noc(C5CC5)n4)C3)n2)n1. The first-order valence-corrected chi connectivity index (χ1v) is 9.72. The highest BCUT2D eigenvalue weighted by molar-refractivity contribution is 5.23. The number of aromatic nitrogens is 6. The van der Waals surface area contributed by atoms with Crippen LogP contribution in [0.15, 0.2) is 27.5 Å². The van der Waals surface area contributed by atoms with Gasteiger partial charge >= 0.3 is 0 Å². The molecule has 0 spiro atoms. The third-order valence-electron chi connectivity index (χ3n) is 5.32. The van der Waals surface area contributed by atoms with Gasteiger partial charge in [0.15, 0.2) is 11.6 Å². The van der Waals surface area contributed by atoms with Crippen LogP contribution in [0.2, 0.25) is 0 Å². The lowest BCUT2D eigenvalue weighted by molar-refractivity contribution is 0.0732. The van der Waals surface area contributed by atoms with Gasteiger partial charge in [0.1, 0.15) is 0 Å². The Labute approximate surface area is 162 Å². The van der Waals surface area contributed by atoms with Crippen LogP contribution < -0.4 is 5.56 Å². The first kappa shape index (κ1) is 17.3. The summed E-state index contributed by atoms with van der Waals surface area (Å²) in [6.07, 6.45) is 2.32. The van der Waals surface area contributed by atoms with Gasteiger partial charge < -0.3 is 4.52 Å². The molecule has 0 radical (unpaired) electrons. The molecule has 3 aromatic heterocycles. The van der Waals surface area contributed by atoms with Crippen molar-refractivity contribution in [3.05, 3.63) is 51.7 Å². The summed E-state index contributed by atoms with van der Waals surface area (Å²) in [5.74, 6) is 3.07. The van der Waals surface area contributed by atoms with Crippen molar-refractivity contribution in [3.8, 4) is 5.82 Å². The molecular weight excluding hydrogens is 358 g/mol. The van der Waals surface area contributed by atoms with Gasteiger partial charge in [0.05, 0.1) is 18.8 Å². The molecule has 1 aliphatic heterocycles. The minimum atomic E-state index is -0.0871. The fraction of sp³-hybridized carbons (Fsp3) is 0.526. The number of hydrogen-bond donors (Lipinski definition) is 0. The zero-order chi connectivity index (χ0) is 19.3. The van der Waals surface area contributed by atoms with E-state index in [4.69, 9.17) is 4.52 Å². The van der Waals surface area contributed by atoms with Gasteiger partial charge in [-0.2, -0.15) is 10.1 Å². The molecular formula is C19H23N7O2. The lowest BCUT2D eigenvalue weighted by Gasteiger charge is -2.38. The van der Waals surface area contributed by atoms with Crippen molar-refractivity contribution in [2.75, 3.05) is 13.1 Å². The molecule has 0 bridgehead atoms. The maximum atomic E-state index is 12.2. The molecule has 9 nitrogen and oxygen atoms in total. The Hall–Kier alpha value is -2.81. The Bertz CT molecular complexity index is 1060. The van der Waals surface area contributed by atoms with Crippen molar-refractivity contribution >= 4 is 0 Å². The molecule has 1 aliphatic carbocycles. The molecule has 0 N–H and O–H groups in total. The summed E-state index contributed by atoms with van der Waals surface area (Å²) in [4.78, 5) is 19.0. The van der Waals surface area contributed by atoms with Crippen LogP contribution in [0, 0.1) is 19.8 Å². The lowest BCUT2D eigenvalue weighted by Crippen LogP contribution is -2.49. The second-order valence-electron chi connectivity index (χ2n) is 7.93. The second kappa shape index (κ2) is 6.66. The van der Waals surface area contributed by atoms with Gasteiger partial charge in [0.2, 0.25) is 5.89 Å². The van der Waals surface area contributed by atoms with Crippen molar-refractivity contribution < 1.29 is 4.52 Å². The summed E-state index contributed by atoms with van der Waals surface area (Å²) in [6, 6.07) is 5.28. The van der Waals surface area contributed by atoms with Crippen molar-refractivity contribution in [2.45, 2.75) is 45.7 Å². The number of rotatable bonds is 6. The van der Waals surface area contributed by atoms with Crippen molar-refractivity contribution in [1.29, 1.82) is 0 Å².